The molecule has 3 N–H and O–H groups in total. The van der Waals surface area contributed by atoms with Crippen molar-refractivity contribution in [2.24, 2.45) is 5.10 Å². The minimum Gasteiger partial charge on any atom is -0.368 e. The summed E-state index contributed by atoms with van der Waals surface area (Å²) in [4.78, 5) is 29.5. The Labute approximate surface area is 118 Å². The highest BCUT2D eigenvalue weighted by atomic mass is 16.6. The molecule has 1 aromatic heterocycles. The molecule has 1 amide bonds. The summed E-state index contributed by atoms with van der Waals surface area (Å²) in [6, 6.07) is 5.59. The van der Waals surface area contributed by atoms with Gasteiger partial charge in [0.05, 0.1) is 11.1 Å². The molecule has 0 radical (unpaired) electrons. The van der Waals surface area contributed by atoms with Crippen molar-refractivity contribution in [1.29, 1.82) is 0 Å². The third kappa shape index (κ3) is 3.56. The number of rotatable bonds is 4. The van der Waals surface area contributed by atoms with Gasteiger partial charge in [-0.05, 0) is 6.07 Å². The summed E-state index contributed by atoms with van der Waals surface area (Å²) in [5.41, 5.74) is 7.67. The molecule has 1 aromatic carbocycles. The zero-order chi connectivity index (χ0) is 15.2. The molecule has 2 aromatic rings. The van der Waals surface area contributed by atoms with Crippen molar-refractivity contribution in [2.75, 3.05) is 5.73 Å². The average Bonchev–Trinajstić information content (AvgIpc) is 2.49. The Morgan fingerprint density at radius 2 is 2.00 bits per heavy atom. The van der Waals surface area contributed by atoms with E-state index in [1.807, 2.05) is 0 Å². The van der Waals surface area contributed by atoms with E-state index in [9.17, 15) is 14.9 Å². The predicted octanol–water partition coefficient (Wildman–Crippen LogP) is 0.731. The quantitative estimate of drug-likeness (QED) is 0.483. The third-order valence-corrected chi connectivity index (χ3v) is 2.42. The van der Waals surface area contributed by atoms with Gasteiger partial charge in [0.2, 0.25) is 5.95 Å². The molecular weight excluding hydrogens is 276 g/mol. The Balaban J connectivity index is 2.08. The number of nitrogens with two attached hydrogens (primary N) is 1. The summed E-state index contributed by atoms with van der Waals surface area (Å²) < 4.78 is 0. The van der Waals surface area contributed by atoms with Crippen molar-refractivity contribution in [3.8, 4) is 0 Å². The second-order valence-electron chi connectivity index (χ2n) is 3.85. The minimum absolute atomic E-state index is 0.0757. The lowest BCUT2D eigenvalue weighted by molar-refractivity contribution is -0.385. The first-order chi connectivity index (χ1) is 10.1. The van der Waals surface area contributed by atoms with Crippen molar-refractivity contribution in [3.63, 3.8) is 0 Å². The minimum atomic E-state index is -0.685. The number of anilines is 1. The average molecular weight is 286 g/mol. The van der Waals surface area contributed by atoms with Gasteiger partial charge in [-0.15, -0.1) is 0 Å². The fourth-order valence-electron chi connectivity index (χ4n) is 1.47. The summed E-state index contributed by atoms with van der Waals surface area (Å²) >= 11 is 0. The SMILES string of the molecule is Nc1ncc(C=NNC(=O)c2ccccc2[N+](=O)[O-])cn1. The number of aromatic nitrogens is 2. The molecular formula is C12H10N6O3. The highest BCUT2D eigenvalue weighted by Gasteiger charge is 2.18. The van der Waals surface area contributed by atoms with E-state index >= 15 is 0 Å². The molecule has 0 aliphatic carbocycles. The Hall–Kier alpha value is -3.36. The molecule has 0 fully saturated rings. The standard InChI is InChI=1S/C12H10N6O3/c13-12-14-5-8(6-15-12)7-16-17-11(19)9-3-1-2-4-10(9)18(20)21/h1-7H,(H,17,19)(H2,13,14,15). The van der Waals surface area contributed by atoms with Crippen LogP contribution in [0.3, 0.4) is 0 Å². The molecule has 0 aliphatic rings. The van der Waals surface area contributed by atoms with Crippen molar-refractivity contribution >= 4 is 23.8 Å². The monoisotopic (exact) mass is 286 g/mol. The number of hydrogen-bond acceptors (Lipinski definition) is 7. The number of nitrogens with one attached hydrogen (secondary N) is 1. The van der Waals surface area contributed by atoms with Crippen molar-refractivity contribution in [3.05, 3.63) is 57.9 Å². The molecule has 2 rings (SSSR count). The number of hydrazone groups is 1. The van der Waals surface area contributed by atoms with Gasteiger partial charge < -0.3 is 5.73 Å². The van der Waals surface area contributed by atoms with Gasteiger partial charge in [0.1, 0.15) is 5.56 Å². The van der Waals surface area contributed by atoms with Gasteiger partial charge in [0.15, 0.2) is 0 Å². The lowest BCUT2D eigenvalue weighted by Gasteiger charge is -2.00. The van der Waals surface area contributed by atoms with E-state index in [4.69, 9.17) is 5.73 Å². The Morgan fingerprint density at radius 3 is 2.67 bits per heavy atom. The van der Waals surface area contributed by atoms with Gasteiger partial charge in [-0.1, -0.05) is 12.1 Å². The number of hydrogen-bond donors (Lipinski definition) is 2. The van der Waals surface area contributed by atoms with Gasteiger partial charge in [0.25, 0.3) is 11.6 Å². The molecule has 9 nitrogen and oxygen atoms in total. The van der Waals surface area contributed by atoms with E-state index in [1.165, 1.54) is 42.9 Å². The first-order valence-corrected chi connectivity index (χ1v) is 5.72. The first-order valence-electron chi connectivity index (χ1n) is 5.72. The molecule has 0 unspecified atom stereocenters. The van der Waals surface area contributed by atoms with E-state index in [0.29, 0.717) is 5.56 Å². The van der Waals surface area contributed by atoms with Gasteiger partial charge >= 0.3 is 0 Å². The summed E-state index contributed by atoms with van der Waals surface area (Å²) in [7, 11) is 0. The number of carbonyl (C=O) groups excluding carboxylic acids is 1. The number of nitrogen functional groups attached to an aromatic ring is 1. The van der Waals surface area contributed by atoms with Crippen LogP contribution in [0.5, 0.6) is 0 Å². The second kappa shape index (κ2) is 6.19. The van der Waals surface area contributed by atoms with Crippen LogP contribution >= 0.6 is 0 Å². The van der Waals surface area contributed by atoms with Crippen LogP contribution in [0.15, 0.2) is 41.8 Å². The summed E-state index contributed by atoms with van der Waals surface area (Å²) in [5.74, 6) is -0.564. The molecule has 0 atom stereocenters. The molecule has 106 valence electrons. The normalized spacial score (nSPS) is 10.5. The fourth-order valence-corrected chi connectivity index (χ4v) is 1.47. The van der Waals surface area contributed by atoms with E-state index < -0.39 is 10.8 Å². The molecule has 0 bridgehead atoms. The van der Waals surface area contributed by atoms with E-state index in [0.717, 1.165) is 0 Å². The zero-order valence-electron chi connectivity index (χ0n) is 10.6. The first kappa shape index (κ1) is 14.1. The molecule has 0 saturated heterocycles. The highest BCUT2D eigenvalue weighted by Crippen LogP contribution is 2.17. The summed E-state index contributed by atoms with van der Waals surface area (Å²) in [6.07, 6.45) is 4.14. The number of nitrogens with zero attached hydrogens (tertiary/aromatic N) is 4. The van der Waals surface area contributed by atoms with Crippen LogP contribution in [0.4, 0.5) is 11.6 Å². The number of amides is 1. The summed E-state index contributed by atoms with van der Waals surface area (Å²) in [6.45, 7) is 0. The molecule has 0 saturated carbocycles. The van der Waals surface area contributed by atoms with Gasteiger partial charge in [-0.3, -0.25) is 14.9 Å². The topological polar surface area (TPSA) is 136 Å². The third-order valence-electron chi connectivity index (χ3n) is 2.42. The predicted molar refractivity (Wildman–Crippen MR) is 74.6 cm³/mol. The smallest absolute Gasteiger partial charge is 0.282 e. The number of nitro benzene ring substituents is 1. The maximum absolute atomic E-state index is 11.8. The highest BCUT2D eigenvalue weighted by molar-refractivity contribution is 5.98. The van der Waals surface area contributed by atoms with E-state index in [1.54, 1.807) is 0 Å². The van der Waals surface area contributed by atoms with Gasteiger partial charge in [-0.25, -0.2) is 15.4 Å². The molecule has 0 spiro atoms. The number of carbonyl (C=O) groups is 1. The van der Waals surface area contributed by atoms with E-state index in [2.05, 4.69) is 20.5 Å². The van der Waals surface area contributed by atoms with Crippen LogP contribution < -0.4 is 11.2 Å². The molecule has 0 aliphatic heterocycles. The van der Waals surface area contributed by atoms with Gasteiger partial charge in [-0.2, -0.15) is 5.10 Å². The second-order valence-corrected chi connectivity index (χ2v) is 3.85. The van der Waals surface area contributed by atoms with Crippen molar-refractivity contribution in [1.82, 2.24) is 15.4 Å². The molecule has 9 heteroatoms. The van der Waals surface area contributed by atoms with Crippen LogP contribution in [0.25, 0.3) is 0 Å². The van der Waals surface area contributed by atoms with Crippen LogP contribution in [0, 0.1) is 10.1 Å². The fraction of sp³-hybridized carbons (Fsp3) is 0. The Bertz CT molecular complexity index is 698. The van der Waals surface area contributed by atoms with Crippen LogP contribution in [0.2, 0.25) is 0 Å². The van der Waals surface area contributed by atoms with Crippen LogP contribution in [-0.4, -0.2) is 27.0 Å². The Kier molecular flexibility index (Phi) is 4.14. The number of nitro groups is 1. The van der Waals surface area contributed by atoms with Gasteiger partial charge in [0, 0.05) is 24.0 Å². The largest absolute Gasteiger partial charge is 0.368 e. The lowest BCUT2D eigenvalue weighted by atomic mass is 10.2. The van der Waals surface area contributed by atoms with Crippen LogP contribution in [-0.2, 0) is 0 Å². The van der Waals surface area contributed by atoms with Crippen LogP contribution in [0.1, 0.15) is 15.9 Å². The van der Waals surface area contributed by atoms with E-state index in [-0.39, 0.29) is 17.2 Å². The van der Waals surface area contributed by atoms with Crippen molar-refractivity contribution < 1.29 is 9.72 Å². The zero-order valence-corrected chi connectivity index (χ0v) is 10.6. The summed E-state index contributed by atoms with van der Waals surface area (Å²) in [5, 5.41) is 14.5. The maximum atomic E-state index is 11.8. The Morgan fingerprint density at radius 1 is 1.33 bits per heavy atom. The molecule has 1 heterocycles. The lowest BCUT2D eigenvalue weighted by Crippen LogP contribution is -2.19. The number of para-hydroxylation sites is 1. The van der Waals surface area contributed by atoms with Crippen molar-refractivity contribution in [2.45, 2.75) is 0 Å². The molecule has 21 heavy (non-hydrogen) atoms. The number of benzene rings is 1. The maximum Gasteiger partial charge on any atom is 0.282 e.